The molecule has 0 saturated carbocycles. The average molecular weight is 369 g/mol. The van der Waals surface area contributed by atoms with Crippen LogP contribution in [0, 0.1) is 17.8 Å². The van der Waals surface area contributed by atoms with Crippen LogP contribution in [0.25, 0.3) is 0 Å². The van der Waals surface area contributed by atoms with E-state index in [-0.39, 0.29) is 16.5 Å². The minimum absolute atomic E-state index is 0. The van der Waals surface area contributed by atoms with Crippen LogP contribution in [0.5, 0.6) is 0 Å². The molecule has 0 amide bonds. The SMILES string of the molecule is C/C(=C\C(=O)O)CCC[C@H](C)CCC[C@H](C)CCCC(C)C.[Ni]. The van der Waals surface area contributed by atoms with Gasteiger partial charge in [0, 0.05) is 22.6 Å². The van der Waals surface area contributed by atoms with Crippen molar-refractivity contribution in [1.82, 2.24) is 0 Å². The van der Waals surface area contributed by atoms with Gasteiger partial charge in [0.05, 0.1) is 0 Å². The quantitative estimate of drug-likeness (QED) is 0.299. The van der Waals surface area contributed by atoms with Gasteiger partial charge in [-0.15, -0.1) is 0 Å². The molecule has 0 aliphatic heterocycles. The molecule has 0 spiro atoms. The van der Waals surface area contributed by atoms with Crippen molar-refractivity contribution in [3.63, 3.8) is 0 Å². The van der Waals surface area contributed by atoms with E-state index in [1.807, 2.05) is 6.92 Å². The van der Waals surface area contributed by atoms with E-state index in [4.69, 9.17) is 5.11 Å². The molecular weight excluding hydrogens is 331 g/mol. The van der Waals surface area contributed by atoms with Crippen molar-refractivity contribution in [3.05, 3.63) is 11.6 Å². The molecule has 0 aliphatic rings. The van der Waals surface area contributed by atoms with Crippen molar-refractivity contribution < 1.29 is 26.4 Å². The normalized spacial score (nSPS) is 14.4. The van der Waals surface area contributed by atoms with E-state index in [0.29, 0.717) is 0 Å². The van der Waals surface area contributed by atoms with Gasteiger partial charge in [-0.2, -0.15) is 0 Å². The summed E-state index contributed by atoms with van der Waals surface area (Å²) in [6, 6.07) is 0. The smallest absolute Gasteiger partial charge is 0.328 e. The maximum atomic E-state index is 10.5. The fourth-order valence-electron chi connectivity index (χ4n) is 2.99. The fraction of sp³-hybridized carbons (Fsp3) is 0.850. The molecule has 0 aliphatic carbocycles. The summed E-state index contributed by atoms with van der Waals surface area (Å²) < 4.78 is 0. The van der Waals surface area contributed by atoms with Gasteiger partial charge in [0.2, 0.25) is 0 Å². The van der Waals surface area contributed by atoms with Gasteiger partial charge in [0.15, 0.2) is 0 Å². The Balaban J connectivity index is 0. The van der Waals surface area contributed by atoms with Crippen LogP contribution in [0.15, 0.2) is 11.6 Å². The number of allylic oxidation sites excluding steroid dienone is 1. The van der Waals surface area contributed by atoms with Crippen LogP contribution < -0.4 is 0 Å². The topological polar surface area (TPSA) is 37.3 Å². The monoisotopic (exact) mass is 368 g/mol. The molecule has 0 aromatic carbocycles. The van der Waals surface area contributed by atoms with Gasteiger partial charge < -0.3 is 5.11 Å². The Kier molecular flexibility index (Phi) is 16.5. The molecule has 0 aromatic heterocycles. The first kappa shape index (κ1) is 24.9. The second-order valence-corrected chi connectivity index (χ2v) is 7.69. The fourth-order valence-corrected chi connectivity index (χ4v) is 2.99. The predicted octanol–water partition coefficient (Wildman–Crippen LogP) is 6.45. The largest absolute Gasteiger partial charge is 0.478 e. The summed E-state index contributed by atoms with van der Waals surface area (Å²) in [5.74, 6) is 1.65. The number of aliphatic carboxylic acids is 1. The molecule has 0 unspecified atom stereocenters. The minimum Gasteiger partial charge on any atom is -0.478 e. The molecule has 0 rings (SSSR count). The number of carboxylic acid groups (broad SMARTS) is 1. The summed E-state index contributed by atoms with van der Waals surface area (Å²) in [6.45, 7) is 11.3. The Labute approximate surface area is 154 Å². The second kappa shape index (κ2) is 15.2. The zero-order valence-electron chi connectivity index (χ0n) is 15.8. The summed E-state index contributed by atoms with van der Waals surface area (Å²) in [5, 5.41) is 8.68. The van der Waals surface area contributed by atoms with Crippen molar-refractivity contribution >= 4 is 5.97 Å². The molecule has 1 N–H and O–H groups in total. The standard InChI is InChI=1S/C20H38O2.Ni/c1-16(2)9-6-10-17(3)11-7-12-18(4)13-8-14-19(5)15-20(21)22;/h15-18H,6-14H2,1-5H3,(H,21,22);/b19-15+;/t17-,18-;/m1./s1. The van der Waals surface area contributed by atoms with Crippen molar-refractivity contribution in [2.45, 2.75) is 92.4 Å². The van der Waals surface area contributed by atoms with Gasteiger partial charge >= 0.3 is 5.97 Å². The molecular formula is C20H38NiO2. The van der Waals surface area contributed by atoms with Gasteiger partial charge in [0.1, 0.15) is 0 Å². The van der Waals surface area contributed by atoms with E-state index >= 15 is 0 Å². The Bertz CT molecular complexity index is 324. The predicted molar refractivity (Wildman–Crippen MR) is 96.1 cm³/mol. The van der Waals surface area contributed by atoms with Gasteiger partial charge in [0.25, 0.3) is 0 Å². The molecule has 0 fully saturated rings. The van der Waals surface area contributed by atoms with Crippen LogP contribution in [-0.2, 0) is 21.3 Å². The maximum Gasteiger partial charge on any atom is 0.328 e. The Morgan fingerprint density at radius 3 is 1.74 bits per heavy atom. The van der Waals surface area contributed by atoms with Gasteiger partial charge in [-0.05, 0) is 37.5 Å². The molecule has 2 atom stereocenters. The summed E-state index contributed by atoms with van der Waals surface area (Å²) in [7, 11) is 0. The average Bonchev–Trinajstić information content (AvgIpc) is 2.37. The first-order chi connectivity index (χ1) is 10.3. The Morgan fingerprint density at radius 2 is 1.30 bits per heavy atom. The molecule has 23 heavy (non-hydrogen) atoms. The third-order valence-electron chi connectivity index (χ3n) is 4.51. The third kappa shape index (κ3) is 17.9. The van der Waals surface area contributed by atoms with E-state index in [0.717, 1.165) is 36.2 Å². The van der Waals surface area contributed by atoms with E-state index in [1.165, 1.54) is 51.0 Å². The molecule has 3 heteroatoms. The van der Waals surface area contributed by atoms with Crippen LogP contribution >= 0.6 is 0 Å². The van der Waals surface area contributed by atoms with Crippen molar-refractivity contribution in [3.8, 4) is 0 Å². The zero-order chi connectivity index (χ0) is 17.0. The number of hydrogen-bond donors (Lipinski definition) is 1. The molecule has 2 nitrogen and oxygen atoms in total. The van der Waals surface area contributed by atoms with Crippen LogP contribution in [0.4, 0.5) is 0 Å². The van der Waals surface area contributed by atoms with Gasteiger partial charge in [-0.25, -0.2) is 4.79 Å². The number of hydrogen-bond acceptors (Lipinski definition) is 1. The third-order valence-corrected chi connectivity index (χ3v) is 4.51. The van der Waals surface area contributed by atoms with Crippen molar-refractivity contribution in [1.29, 1.82) is 0 Å². The van der Waals surface area contributed by atoms with Crippen LogP contribution in [0.1, 0.15) is 92.4 Å². The van der Waals surface area contributed by atoms with Crippen LogP contribution in [0.3, 0.4) is 0 Å². The van der Waals surface area contributed by atoms with E-state index < -0.39 is 5.97 Å². The molecule has 0 heterocycles. The number of carbonyl (C=O) groups is 1. The van der Waals surface area contributed by atoms with Crippen LogP contribution in [-0.4, -0.2) is 11.1 Å². The van der Waals surface area contributed by atoms with Crippen molar-refractivity contribution in [2.24, 2.45) is 17.8 Å². The summed E-state index contributed by atoms with van der Waals surface area (Å²) >= 11 is 0. The first-order valence-electron chi connectivity index (χ1n) is 9.21. The van der Waals surface area contributed by atoms with E-state index in [9.17, 15) is 4.79 Å². The first-order valence-corrected chi connectivity index (χ1v) is 9.21. The Hall–Kier alpha value is -0.296. The molecule has 0 radical (unpaired) electrons. The molecule has 140 valence electrons. The summed E-state index contributed by atoms with van der Waals surface area (Å²) in [5.41, 5.74) is 0.985. The summed E-state index contributed by atoms with van der Waals surface area (Å²) in [6.07, 6.45) is 12.7. The van der Waals surface area contributed by atoms with Crippen molar-refractivity contribution in [2.75, 3.05) is 0 Å². The number of carboxylic acids is 1. The van der Waals surface area contributed by atoms with Gasteiger partial charge in [-0.1, -0.05) is 78.2 Å². The Morgan fingerprint density at radius 1 is 0.870 bits per heavy atom. The maximum absolute atomic E-state index is 10.5. The van der Waals surface area contributed by atoms with E-state index in [2.05, 4.69) is 27.7 Å². The number of rotatable bonds is 13. The summed E-state index contributed by atoms with van der Waals surface area (Å²) in [4.78, 5) is 10.5. The molecule has 0 saturated heterocycles. The van der Waals surface area contributed by atoms with Crippen LogP contribution in [0.2, 0.25) is 0 Å². The van der Waals surface area contributed by atoms with E-state index in [1.54, 1.807) is 0 Å². The zero-order valence-corrected chi connectivity index (χ0v) is 16.8. The second-order valence-electron chi connectivity index (χ2n) is 7.69. The minimum atomic E-state index is -0.822. The molecule has 0 aromatic rings. The van der Waals surface area contributed by atoms with Gasteiger partial charge in [-0.3, -0.25) is 0 Å². The molecule has 0 bridgehead atoms.